The van der Waals surface area contributed by atoms with Crippen LogP contribution in [0.2, 0.25) is 0 Å². The molecule has 0 aromatic rings. The molecule has 0 heterocycles. The average Bonchev–Trinajstić information content (AvgIpc) is 1.63. The molecule has 1 N–H and O–H groups in total. The van der Waals surface area contributed by atoms with E-state index >= 15 is 0 Å². The first-order valence-corrected chi connectivity index (χ1v) is 4.07. The average molecular weight is 148 g/mol. The highest BCUT2D eigenvalue weighted by Crippen LogP contribution is 2.26. The minimum Gasteiger partial charge on any atom is -0.386 e. The Bertz CT molecular complexity index is 79.0. The molecule has 0 aliphatic rings. The van der Waals surface area contributed by atoms with Crippen molar-refractivity contribution in [1.29, 1.82) is 0 Å². The first-order chi connectivity index (χ1) is 3.98. The van der Waals surface area contributed by atoms with Crippen molar-refractivity contribution >= 4 is 9.24 Å². The van der Waals surface area contributed by atoms with Crippen LogP contribution in [0.4, 0.5) is 0 Å². The highest BCUT2D eigenvalue weighted by atomic mass is 31.0. The van der Waals surface area contributed by atoms with Crippen LogP contribution in [0.15, 0.2) is 0 Å². The molecule has 0 bridgehead atoms. The van der Waals surface area contributed by atoms with E-state index in [0.29, 0.717) is 5.92 Å². The zero-order valence-corrected chi connectivity index (χ0v) is 7.67. The lowest BCUT2D eigenvalue weighted by Gasteiger charge is -2.22. The molecule has 0 spiro atoms. The van der Waals surface area contributed by atoms with Gasteiger partial charge in [0.1, 0.15) is 0 Å². The second-order valence-corrected chi connectivity index (χ2v) is 4.13. The molecule has 0 amide bonds. The summed E-state index contributed by atoms with van der Waals surface area (Å²) >= 11 is 0. The van der Waals surface area contributed by atoms with Gasteiger partial charge in [-0.2, -0.15) is 0 Å². The molecule has 0 aromatic carbocycles. The first kappa shape index (κ1) is 9.39. The van der Waals surface area contributed by atoms with Crippen LogP contribution < -0.4 is 0 Å². The summed E-state index contributed by atoms with van der Waals surface area (Å²) in [5, 5.41) is 8.94. The van der Waals surface area contributed by atoms with Crippen molar-refractivity contribution in [3.05, 3.63) is 0 Å². The maximum Gasteiger partial charge on any atom is 0.0778 e. The molecule has 0 aliphatic carbocycles. The summed E-state index contributed by atoms with van der Waals surface area (Å²) in [5.41, 5.74) is 0. The van der Waals surface area contributed by atoms with Gasteiger partial charge < -0.3 is 5.11 Å². The van der Waals surface area contributed by atoms with Crippen LogP contribution in [0.25, 0.3) is 0 Å². The molecule has 2 atom stereocenters. The molecule has 0 aliphatic heterocycles. The minimum atomic E-state index is -0.520. The van der Waals surface area contributed by atoms with Crippen molar-refractivity contribution in [2.45, 2.75) is 39.0 Å². The fourth-order valence-corrected chi connectivity index (χ4v) is 1.32. The standard InChI is InChI=1S/C7H17OP/c1-4-7(8,9)5-6(2)3/h6,8H,4-5,9H2,1-3H3. The van der Waals surface area contributed by atoms with Crippen molar-refractivity contribution in [3.63, 3.8) is 0 Å². The lowest BCUT2D eigenvalue weighted by atomic mass is 10.0. The topological polar surface area (TPSA) is 20.2 Å². The van der Waals surface area contributed by atoms with Crippen molar-refractivity contribution in [3.8, 4) is 0 Å². The quantitative estimate of drug-likeness (QED) is 0.607. The normalized spacial score (nSPS) is 18.0. The number of hydrogen-bond acceptors (Lipinski definition) is 1. The van der Waals surface area contributed by atoms with Gasteiger partial charge >= 0.3 is 0 Å². The number of rotatable bonds is 3. The van der Waals surface area contributed by atoms with Crippen molar-refractivity contribution in [2.24, 2.45) is 5.92 Å². The third-order valence-corrected chi connectivity index (χ3v) is 2.02. The van der Waals surface area contributed by atoms with E-state index in [1.165, 1.54) is 0 Å². The Morgan fingerprint density at radius 3 is 2.11 bits per heavy atom. The Labute approximate surface area is 60.1 Å². The van der Waals surface area contributed by atoms with Gasteiger partial charge in [0.05, 0.1) is 5.34 Å². The van der Waals surface area contributed by atoms with Crippen LogP contribution in [-0.4, -0.2) is 10.4 Å². The molecular weight excluding hydrogens is 131 g/mol. The molecule has 9 heavy (non-hydrogen) atoms. The molecular formula is C7H17OP. The summed E-state index contributed by atoms with van der Waals surface area (Å²) in [5.74, 6) is 0.576. The van der Waals surface area contributed by atoms with E-state index in [1.54, 1.807) is 0 Å². The van der Waals surface area contributed by atoms with Gasteiger partial charge in [-0.15, -0.1) is 9.24 Å². The summed E-state index contributed by atoms with van der Waals surface area (Å²) in [6.07, 6.45) is 1.68. The molecule has 1 nitrogen and oxygen atoms in total. The van der Waals surface area contributed by atoms with Gasteiger partial charge in [-0.3, -0.25) is 0 Å². The molecule has 56 valence electrons. The monoisotopic (exact) mass is 148 g/mol. The largest absolute Gasteiger partial charge is 0.386 e. The minimum absolute atomic E-state index is 0.520. The SMILES string of the molecule is CCC(O)(P)CC(C)C. The molecule has 2 heteroatoms. The van der Waals surface area contributed by atoms with Crippen molar-refractivity contribution < 1.29 is 5.11 Å². The van der Waals surface area contributed by atoms with Crippen LogP contribution >= 0.6 is 9.24 Å². The summed E-state index contributed by atoms with van der Waals surface area (Å²) in [7, 11) is 2.49. The third-order valence-electron chi connectivity index (χ3n) is 1.37. The lowest BCUT2D eigenvalue weighted by molar-refractivity contribution is 0.107. The van der Waals surface area contributed by atoms with E-state index in [-0.39, 0.29) is 0 Å². The second kappa shape index (κ2) is 3.53. The summed E-state index contributed by atoms with van der Waals surface area (Å²) in [6.45, 7) is 6.23. The summed E-state index contributed by atoms with van der Waals surface area (Å²) in [4.78, 5) is 0. The van der Waals surface area contributed by atoms with Gasteiger partial charge in [0.2, 0.25) is 0 Å². The van der Waals surface area contributed by atoms with E-state index in [2.05, 4.69) is 23.1 Å². The Kier molecular flexibility index (Phi) is 3.68. The zero-order chi connectivity index (χ0) is 7.49. The number of aliphatic hydroxyl groups is 1. The third kappa shape index (κ3) is 4.87. The van der Waals surface area contributed by atoms with Crippen molar-refractivity contribution in [1.82, 2.24) is 0 Å². The van der Waals surface area contributed by atoms with Gasteiger partial charge in [-0.05, 0) is 18.8 Å². The fourth-order valence-electron chi connectivity index (χ4n) is 0.851. The van der Waals surface area contributed by atoms with E-state index in [9.17, 15) is 5.11 Å². The molecule has 0 saturated heterocycles. The molecule has 0 fully saturated rings. The maximum atomic E-state index is 9.46. The van der Waals surface area contributed by atoms with E-state index in [0.717, 1.165) is 12.8 Å². The Balaban J connectivity index is 3.58. The Hall–Kier alpha value is 0.390. The maximum absolute atomic E-state index is 9.46. The van der Waals surface area contributed by atoms with Crippen LogP contribution in [0.1, 0.15) is 33.6 Å². The second-order valence-electron chi connectivity index (χ2n) is 3.06. The smallest absolute Gasteiger partial charge is 0.0778 e. The van der Waals surface area contributed by atoms with Crippen LogP contribution in [0.3, 0.4) is 0 Å². The fraction of sp³-hybridized carbons (Fsp3) is 1.00. The van der Waals surface area contributed by atoms with E-state index in [4.69, 9.17) is 0 Å². The molecule has 0 radical (unpaired) electrons. The van der Waals surface area contributed by atoms with Gasteiger partial charge in [0, 0.05) is 0 Å². The Morgan fingerprint density at radius 1 is 1.56 bits per heavy atom. The highest BCUT2D eigenvalue weighted by molar-refractivity contribution is 7.18. The predicted octanol–water partition coefficient (Wildman–Crippen LogP) is 2.01. The Morgan fingerprint density at radius 2 is 2.00 bits per heavy atom. The summed E-state index contributed by atoms with van der Waals surface area (Å²) in [6, 6.07) is 0. The van der Waals surface area contributed by atoms with Crippen LogP contribution in [0, 0.1) is 5.92 Å². The van der Waals surface area contributed by atoms with E-state index in [1.807, 2.05) is 6.92 Å². The molecule has 0 rings (SSSR count). The number of hydrogen-bond donors (Lipinski definition) is 1. The van der Waals surface area contributed by atoms with E-state index < -0.39 is 5.34 Å². The molecule has 0 saturated carbocycles. The predicted molar refractivity (Wildman–Crippen MR) is 44.4 cm³/mol. The van der Waals surface area contributed by atoms with Gasteiger partial charge in [0.25, 0.3) is 0 Å². The van der Waals surface area contributed by atoms with Gasteiger partial charge in [0.15, 0.2) is 0 Å². The van der Waals surface area contributed by atoms with Gasteiger partial charge in [-0.25, -0.2) is 0 Å². The molecule has 2 unspecified atom stereocenters. The highest BCUT2D eigenvalue weighted by Gasteiger charge is 2.18. The van der Waals surface area contributed by atoms with Crippen LogP contribution in [0.5, 0.6) is 0 Å². The molecule has 0 aromatic heterocycles. The van der Waals surface area contributed by atoms with Crippen LogP contribution in [-0.2, 0) is 0 Å². The zero-order valence-electron chi connectivity index (χ0n) is 6.52. The first-order valence-electron chi connectivity index (χ1n) is 3.49. The summed E-state index contributed by atoms with van der Waals surface area (Å²) < 4.78 is 0. The lowest BCUT2D eigenvalue weighted by Crippen LogP contribution is -2.20. The van der Waals surface area contributed by atoms with Crippen molar-refractivity contribution in [2.75, 3.05) is 0 Å². The van der Waals surface area contributed by atoms with Gasteiger partial charge in [-0.1, -0.05) is 20.8 Å².